The highest BCUT2D eigenvalue weighted by Gasteiger charge is 2.11. The second-order valence-corrected chi connectivity index (χ2v) is 6.86. The molecule has 0 saturated heterocycles. The molecule has 26 heavy (non-hydrogen) atoms. The lowest BCUT2D eigenvalue weighted by atomic mass is 10.1. The van der Waals surface area contributed by atoms with Crippen LogP contribution in [0.5, 0.6) is 0 Å². The molecule has 0 unspecified atom stereocenters. The van der Waals surface area contributed by atoms with Gasteiger partial charge in [-0.25, -0.2) is 9.37 Å². The van der Waals surface area contributed by atoms with E-state index in [9.17, 15) is 9.18 Å². The Morgan fingerprint density at radius 3 is 2.62 bits per heavy atom. The number of aryl methyl sites for hydroxylation is 1. The molecule has 0 atom stereocenters. The van der Waals surface area contributed by atoms with Crippen LogP contribution in [0.3, 0.4) is 0 Å². The number of aromatic nitrogens is 1. The first-order valence-corrected chi connectivity index (χ1v) is 9.21. The molecule has 3 rings (SSSR count). The lowest BCUT2D eigenvalue weighted by Crippen LogP contribution is -2.08. The normalized spacial score (nSPS) is 11.4. The topological polar surface area (TPSA) is 42.0 Å². The standard InChI is InChI=1S/C21H19FN2OS/c1-15(7-8-16-5-3-2-4-6-16)13-19(25)24-21-20(23-14-26-21)17-9-11-18(22)12-10-17/h2-6,9-14H,7-8H2,1H3,(H,24,25)/b15-13+. The maximum Gasteiger partial charge on any atom is 0.248 e. The highest BCUT2D eigenvalue weighted by atomic mass is 32.1. The van der Waals surface area contributed by atoms with Crippen LogP contribution >= 0.6 is 11.3 Å². The molecule has 5 heteroatoms. The average molecular weight is 366 g/mol. The molecule has 1 heterocycles. The Kier molecular flexibility index (Phi) is 5.92. The van der Waals surface area contributed by atoms with E-state index in [0.717, 1.165) is 24.0 Å². The summed E-state index contributed by atoms with van der Waals surface area (Å²) in [5, 5.41) is 3.54. The number of thiazole rings is 1. The van der Waals surface area contributed by atoms with Gasteiger partial charge in [0.25, 0.3) is 0 Å². The molecule has 2 aromatic carbocycles. The number of anilines is 1. The van der Waals surface area contributed by atoms with Gasteiger partial charge in [0.2, 0.25) is 5.91 Å². The summed E-state index contributed by atoms with van der Waals surface area (Å²) in [6, 6.07) is 16.3. The summed E-state index contributed by atoms with van der Waals surface area (Å²) < 4.78 is 13.1. The van der Waals surface area contributed by atoms with Crippen LogP contribution in [0.4, 0.5) is 9.39 Å². The zero-order valence-corrected chi connectivity index (χ0v) is 15.2. The summed E-state index contributed by atoms with van der Waals surface area (Å²) in [4.78, 5) is 16.6. The van der Waals surface area contributed by atoms with Crippen molar-refractivity contribution in [2.45, 2.75) is 19.8 Å². The van der Waals surface area contributed by atoms with Crippen LogP contribution in [0.25, 0.3) is 11.3 Å². The van der Waals surface area contributed by atoms with Crippen LogP contribution in [0, 0.1) is 5.82 Å². The third-order valence-corrected chi connectivity index (χ3v) is 4.69. The van der Waals surface area contributed by atoms with Crippen LogP contribution in [0.2, 0.25) is 0 Å². The Morgan fingerprint density at radius 2 is 1.88 bits per heavy atom. The number of rotatable bonds is 6. The van der Waals surface area contributed by atoms with Crippen molar-refractivity contribution in [2.75, 3.05) is 5.32 Å². The number of allylic oxidation sites excluding steroid dienone is 1. The zero-order chi connectivity index (χ0) is 18.4. The summed E-state index contributed by atoms with van der Waals surface area (Å²) in [5.74, 6) is -0.477. The third kappa shape index (κ3) is 4.86. The molecule has 3 aromatic rings. The fourth-order valence-electron chi connectivity index (χ4n) is 2.58. The maximum atomic E-state index is 13.1. The Bertz CT molecular complexity index is 901. The van der Waals surface area contributed by atoms with Gasteiger partial charge in [0.05, 0.1) is 5.51 Å². The summed E-state index contributed by atoms with van der Waals surface area (Å²) >= 11 is 1.35. The van der Waals surface area contributed by atoms with Gasteiger partial charge in [-0.1, -0.05) is 35.9 Å². The molecule has 1 N–H and O–H groups in total. The molecule has 0 fully saturated rings. The predicted octanol–water partition coefficient (Wildman–Crippen LogP) is 5.47. The lowest BCUT2D eigenvalue weighted by molar-refractivity contribution is -0.111. The predicted molar refractivity (Wildman–Crippen MR) is 105 cm³/mol. The third-order valence-electron chi connectivity index (χ3n) is 3.95. The maximum absolute atomic E-state index is 13.1. The minimum atomic E-state index is -0.300. The van der Waals surface area contributed by atoms with Gasteiger partial charge in [-0.15, -0.1) is 11.3 Å². The van der Waals surface area contributed by atoms with Crippen LogP contribution in [0.15, 0.2) is 71.8 Å². The van der Waals surface area contributed by atoms with Crippen LogP contribution in [-0.2, 0) is 11.2 Å². The van der Waals surface area contributed by atoms with Gasteiger partial charge >= 0.3 is 0 Å². The van der Waals surface area contributed by atoms with Gasteiger partial charge in [-0.05, 0) is 49.6 Å². The van der Waals surface area contributed by atoms with E-state index in [1.165, 1.54) is 29.0 Å². The number of carbonyl (C=O) groups excluding carboxylic acids is 1. The number of hydrogen-bond donors (Lipinski definition) is 1. The molecular formula is C21H19FN2OS. The molecule has 0 aliphatic heterocycles. The smallest absolute Gasteiger partial charge is 0.248 e. The van der Waals surface area contributed by atoms with Crippen molar-refractivity contribution < 1.29 is 9.18 Å². The molecule has 1 amide bonds. The van der Waals surface area contributed by atoms with Gasteiger partial charge in [-0.2, -0.15) is 0 Å². The number of amides is 1. The molecule has 0 saturated carbocycles. The van der Waals surface area contributed by atoms with Crippen molar-refractivity contribution in [1.29, 1.82) is 0 Å². The second-order valence-electron chi connectivity index (χ2n) is 6.00. The monoisotopic (exact) mass is 366 g/mol. The summed E-state index contributed by atoms with van der Waals surface area (Å²) in [5.41, 5.74) is 5.35. The highest BCUT2D eigenvalue weighted by Crippen LogP contribution is 2.30. The quantitative estimate of drug-likeness (QED) is 0.588. The second kappa shape index (κ2) is 8.54. The number of carbonyl (C=O) groups is 1. The first kappa shape index (κ1) is 18.0. The van der Waals surface area contributed by atoms with Crippen molar-refractivity contribution in [3.63, 3.8) is 0 Å². The zero-order valence-electron chi connectivity index (χ0n) is 14.4. The molecule has 0 aliphatic rings. The van der Waals surface area contributed by atoms with E-state index >= 15 is 0 Å². The van der Waals surface area contributed by atoms with Crippen LogP contribution in [-0.4, -0.2) is 10.9 Å². The van der Waals surface area contributed by atoms with E-state index in [1.807, 2.05) is 25.1 Å². The minimum Gasteiger partial charge on any atom is -0.312 e. The van der Waals surface area contributed by atoms with Crippen LogP contribution in [0.1, 0.15) is 18.9 Å². The van der Waals surface area contributed by atoms with Gasteiger partial charge in [0.15, 0.2) is 0 Å². The number of nitrogens with one attached hydrogen (secondary N) is 1. The van der Waals surface area contributed by atoms with Crippen LogP contribution < -0.4 is 5.32 Å². The van der Waals surface area contributed by atoms with Gasteiger partial charge < -0.3 is 5.32 Å². The number of benzene rings is 2. The lowest BCUT2D eigenvalue weighted by Gasteiger charge is -2.05. The SMILES string of the molecule is C/C(=C\C(=O)Nc1scnc1-c1ccc(F)cc1)CCc1ccccc1. The van der Waals surface area contributed by atoms with E-state index in [4.69, 9.17) is 0 Å². The molecule has 0 radical (unpaired) electrons. The summed E-state index contributed by atoms with van der Waals surface area (Å²) in [6.45, 7) is 1.95. The van der Waals surface area contributed by atoms with Crippen molar-refractivity contribution in [3.05, 3.63) is 83.1 Å². The fourth-order valence-corrected chi connectivity index (χ4v) is 3.28. The van der Waals surface area contributed by atoms with E-state index in [0.29, 0.717) is 10.7 Å². The van der Waals surface area contributed by atoms with Gasteiger partial charge in [0.1, 0.15) is 16.5 Å². The molecule has 0 spiro atoms. The molecule has 3 nitrogen and oxygen atoms in total. The van der Waals surface area contributed by atoms with E-state index in [2.05, 4.69) is 22.4 Å². The Morgan fingerprint density at radius 1 is 1.15 bits per heavy atom. The Balaban J connectivity index is 1.63. The molecular weight excluding hydrogens is 347 g/mol. The van der Waals surface area contributed by atoms with E-state index in [1.54, 1.807) is 23.7 Å². The number of halogens is 1. The summed E-state index contributed by atoms with van der Waals surface area (Å²) in [7, 11) is 0. The van der Waals surface area contributed by atoms with E-state index in [-0.39, 0.29) is 11.7 Å². The molecule has 1 aromatic heterocycles. The van der Waals surface area contributed by atoms with Crippen molar-refractivity contribution in [2.24, 2.45) is 0 Å². The number of hydrogen-bond acceptors (Lipinski definition) is 3. The number of nitrogens with zero attached hydrogens (tertiary/aromatic N) is 1. The molecule has 0 aliphatic carbocycles. The first-order chi connectivity index (χ1) is 12.6. The fraction of sp³-hybridized carbons (Fsp3) is 0.143. The Labute approximate surface area is 156 Å². The largest absolute Gasteiger partial charge is 0.312 e. The summed E-state index contributed by atoms with van der Waals surface area (Å²) in [6.07, 6.45) is 3.35. The Hall–Kier alpha value is -2.79. The first-order valence-electron chi connectivity index (χ1n) is 8.33. The molecule has 132 valence electrons. The molecule has 0 bridgehead atoms. The van der Waals surface area contributed by atoms with Gasteiger partial charge in [0, 0.05) is 11.6 Å². The van der Waals surface area contributed by atoms with Crippen molar-refractivity contribution in [1.82, 2.24) is 4.98 Å². The minimum absolute atomic E-state index is 0.178. The van der Waals surface area contributed by atoms with Gasteiger partial charge in [-0.3, -0.25) is 4.79 Å². The van der Waals surface area contributed by atoms with E-state index < -0.39 is 0 Å². The average Bonchev–Trinajstić information content (AvgIpc) is 3.09. The highest BCUT2D eigenvalue weighted by molar-refractivity contribution is 7.14. The van der Waals surface area contributed by atoms with Crippen molar-refractivity contribution in [3.8, 4) is 11.3 Å². The van der Waals surface area contributed by atoms with Crippen molar-refractivity contribution >= 4 is 22.2 Å².